The summed E-state index contributed by atoms with van der Waals surface area (Å²) >= 11 is 3.96. The summed E-state index contributed by atoms with van der Waals surface area (Å²) in [6, 6.07) is 22.6. The van der Waals surface area contributed by atoms with Crippen molar-refractivity contribution in [2.45, 2.75) is 112 Å². The van der Waals surface area contributed by atoms with E-state index < -0.39 is 11.9 Å². The molecule has 0 unspecified atom stereocenters. The van der Waals surface area contributed by atoms with E-state index in [0.717, 1.165) is 99.7 Å². The van der Waals surface area contributed by atoms with Gasteiger partial charge in [-0.1, -0.05) is 62.4 Å². The Balaban J connectivity index is 1.01. The first kappa shape index (κ1) is 49.1. The van der Waals surface area contributed by atoms with Crippen molar-refractivity contribution in [2.75, 3.05) is 15.5 Å². The number of fused-ring (bicyclic) bond motifs is 2. The Kier molecular flexibility index (Phi) is 13.8. The van der Waals surface area contributed by atoms with Crippen LogP contribution in [0.5, 0.6) is 0 Å². The molecule has 2 amide bonds. The number of thiophene rings is 2. The monoisotopic (exact) mass is 1020 g/mol. The third-order valence-corrected chi connectivity index (χ3v) is 17.4. The van der Waals surface area contributed by atoms with Crippen LogP contribution < -0.4 is 15.5 Å². The molecule has 72 heavy (non-hydrogen) atoms. The summed E-state index contributed by atoms with van der Waals surface area (Å²) in [5.41, 5.74) is 13.5. The van der Waals surface area contributed by atoms with Gasteiger partial charge in [-0.2, -0.15) is 9.61 Å². The Morgan fingerprint density at radius 2 is 1.12 bits per heavy atom. The minimum Gasteiger partial charge on any atom is -0.384 e. The predicted octanol–water partition coefficient (Wildman–Crippen LogP) is 13.3. The summed E-state index contributed by atoms with van der Waals surface area (Å²) in [6.45, 7) is 14.1. The number of hydrogen-bond donors (Lipinski definition) is 1. The van der Waals surface area contributed by atoms with Crippen molar-refractivity contribution < 1.29 is 23.9 Å². The number of carbonyl (C=O) groups is 4. The molecule has 6 aromatic heterocycles. The second kappa shape index (κ2) is 20.2. The van der Waals surface area contributed by atoms with Crippen LogP contribution in [0.15, 0.2) is 90.6 Å². The van der Waals surface area contributed by atoms with Crippen molar-refractivity contribution in [1.82, 2.24) is 24.0 Å². The topological polar surface area (TPSA) is 158 Å². The van der Waals surface area contributed by atoms with Gasteiger partial charge in [-0.15, -0.1) is 34.0 Å². The zero-order valence-electron chi connectivity index (χ0n) is 41.8. The summed E-state index contributed by atoms with van der Waals surface area (Å²) in [4.78, 5) is 74.5. The van der Waals surface area contributed by atoms with E-state index in [2.05, 4.69) is 18.8 Å². The predicted molar refractivity (Wildman–Crippen MR) is 290 cm³/mol. The molecule has 372 valence electrons. The standard InChI is InChI=1S/C56H60N8O5S3/c1-31(2)62(52(65)40-12-8-33(5)9-13-40)44-28-46(38-20-16-36(17-21-38)42-27-49-58-35(7)26-48(57)64(49)60-42)71-50(44)54(67)69-55(68)51-45(63(32(3)4)53(66)41-14-10-34(6)11-15-41)29-47(72-51)39-22-18-37(19-23-39)43-30-61-24-25-70-56(61)59-43/h16-34,40-41H,8-15,57H2,1-7H3. The maximum atomic E-state index is 14.9. The summed E-state index contributed by atoms with van der Waals surface area (Å²) in [5, 5.41) is 6.70. The van der Waals surface area contributed by atoms with Gasteiger partial charge in [0.05, 0.1) is 22.8 Å². The van der Waals surface area contributed by atoms with E-state index in [1.165, 1.54) is 22.7 Å². The fraction of sp³-hybridized carbons (Fsp3) is 0.375. The van der Waals surface area contributed by atoms with Gasteiger partial charge in [-0.25, -0.2) is 19.6 Å². The number of nitrogen functional groups attached to an aromatic ring is 1. The third-order valence-electron chi connectivity index (χ3n) is 14.3. The molecule has 2 N–H and O–H groups in total. The molecule has 13 nitrogen and oxygen atoms in total. The largest absolute Gasteiger partial charge is 0.384 e. The van der Waals surface area contributed by atoms with Crippen molar-refractivity contribution in [2.24, 2.45) is 23.7 Å². The first-order valence-electron chi connectivity index (χ1n) is 25.1. The van der Waals surface area contributed by atoms with Gasteiger partial charge < -0.3 is 20.3 Å². The fourth-order valence-corrected chi connectivity index (χ4v) is 13.1. The van der Waals surface area contributed by atoms with Crippen LogP contribution in [-0.2, 0) is 14.3 Å². The van der Waals surface area contributed by atoms with Crippen LogP contribution in [0.2, 0.25) is 0 Å². The third kappa shape index (κ3) is 9.75. The lowest BCUT2D eigenvalue weighted by atomic mass is 9.82. The second-order valence-corrected chi connectivity index (χ2v) is 23.3. The van der Waals surface area contributed by atoms with Crippen LogP contribution in [0.3, 0.4) is 0 Å². The lowest BCUT2D eigenvalue weighted by Crippen LogP contribution is -2.43. The minimum absolute atomic E-state index is 0.0341. The molecule has 0 radical (unpaired) electrons. The van der Waals surface area contributed by atoms with Gasteiger partial charge in [0.25, 0.3) is 0 Å². The maximum Gasteiger partial charge on any atom is 0.358 e. The molecule has 0 saturated heterocycles. The number of nitrogens with two attached hydrogens (primary N) is 1. The van der Waals surface area contributed by atoms with Gasteiger partial charge in [0.15, 0.2) is 10.6 Å². The number of aryl methyl sites for hydroxylation is 1. The number of anilines is 3. The molecule has 2 aromatic carbocycles. The van der Waals surface area contributed by atoms with E-state index in [1.54, 1.807) is 31.7 Å². The minimum atomic E-state index is -0.863. The number of benzene rings is 2. The Labute approximate surface area is 431 Å². The molecule has 0 spiro atoms. The van der Waals surface area contributed by atoms with Crippen molar-refractivity contribution in [1.29, 1.82) is 0 Å². The maximum absolute atomic E-state index is 14.9. The van der Waals surface area contributed by atoms with Crippen molar-refractivity contribution in [3.8, 4) is 43.4 Å². The van der Waals surface area contributed by atoms with Gasteiger partial charge in [0.1, 0.15) is 15.6 Å². The molecule has 2 aliphatic rings. The first-order valence-corrected chi connectivity index (χ1v) is 27.6. The van der Waals surface area contributed by atoms with Crippen LogP contribution in [-0.4, -0.2) is 59.8 Å². The van der Waals surface area contributed by atoms with Crippen molar-refractivity contribution in [3.63, 3.8) is 0 Å². The molecule has 16 heteroatoms. The van der Waals surface area contributed by atoms with Crippen LogP contribution in [0.25, 0.3) is 54.0 Å². The van der Waals surface area contributed by atoms with Crippen LogP contribution in [0.1, 0.15) is 118 Å². The number of amides is 2. The smallest absolute Gasteiger partial charge is 0.358 e. The van der Waals surface area contributed by atoms with Gasteiger partial charge in [0.2, 0.25) is 11.8 Å². The quantitative estimate of drug-likeness (QED) is 0.0929. The second-order valence-electron chi connectivity index (χ2n) is 20.3. The zero-order chi connectivity index (χ0) is 50.5. The highest BCUT2D eigenvalue weighted by atomic mass is 32.1. The Morgan fingerprint density at radius 1 is 0.653 bits per heavy atom. The van der Waals surface area contributed by atoms with Crippen LogP contribution >= 0.6 is 34.0 Å². The molecule has 0 bridgehead atoms. The molecule has 0 aliphatic heterocycles. The van der Waals surface area contributed by atoms with E-state index in [1.807, 2.05) is 124 Å². The van der Waals surface area contributed by atoms with E-state index in [9.17, 15) is 19.2 Å². The first-order chi connectivity index (χ1) is 34.6. The normalized spacial score (nSPS) is 18.3. The van der Waals surface area contributed by atoms with Crippen LogP contribution in [0.4, 0.5) is 17.2 Å². The fourth-order valence-electron chi connectivity index (χ4n) is 10.3. The Hall–Kier alpha value is -6.49. The summed E-state index contributed by atoms with van der Waals surface area (Å²) < 4.78 is 9.60. The molecule has 8 aromatic rings. The number of imidazole rings is 1. The average Bonchev–Trinajstić information content (AvgIpc) is 4.21. The summed E-state index contributed by atoms with van der Waals surface area (Å²) in [6.07, 6.45) is 10.9. The highest BCUT2D eigenvalue weighted by molar-refractivity contribution is 7.18. The Morgan fingerprint density at radius 3 is 1.60 bits per heavy atom. The van der Waals surface area contributed by atoms with Crippen LogP contribution in [0, 0.1) is 30.6 Å². The molecule has 6 heterocycles. The van der Waals surface area contributed by atoms with Gasteiger partial charge in [0, 0.05) is 80.4 Å². The van der Waals surface area contributed by atoms with E-state index in [-0.39, 0.29) is 45.5 Å². The molecule has 0 atom stereocenters. The lowest BCUT2D eigenvalue weighted by molar-refractivity contribution is -0.124. The van der Waals surface area contributed by atoms with E-state index >= 15 is 0 Å². The molecule has 2 fully saturated rings. The number of carbonyl (C=O) groups excluding carboxylic acids is 4. The number of thiazole rings is 1. The highest BCUT2D eigenvalue weighted by Gasteiger charge is 2.37. The number of hydrogen-bond acceptors (Lipinski definition) is 12. The zero-order valence-corrected chi connectivity index (χ0v) is 44.2. The Bertz CT molecular complexity index is 3280. The van der Waals surface area contributed by atoms with Gasteiger partial charge in [-0.3, -0.25) is 14.0 Å². The van der Waals surface area contributed by atoms with Gasteiger partial charge in [-0.05, 0) is 121 Å². The average molecular weight is 1020 g/mol. The summed E-state index contributed by atoms with van der Waals surface area (Å²) in [7, 11) is 0. The SMILES string of the molecule is Cc1cc(N)n2nc(-c3ccc(-c4cc(N(C(=O)C5CCC(C)CC5)C(C)C)c(C(=O)OC(=O)c5sc(-c6ccc(-c7cn8ccsc8n7)cc6)cc5N(C(=O)C5CCC(C)CC5)C(C)C)s4)cc3)cc2n1. The number of esters is 2. The number of nitrogens with zero attached hydrogens (tertiary/aromatic N) is 7. The van der Waals surface area contributed by atoms with Gasteiger partial charge >= 0.3 is 11.9 Å². The van der Waals surface area contributed by atoms with E-state index in [4.69, 9.17) is 20.6 Å². The molecule has 2 aliphatic carbocycles. The molecule has 2 saturated carbocycles. The highest BCUT2D eigenvalue weighted by Crippen LogP contribution is 2.44. The number of rotatable bonds is 12. The lowest BCUT2D eigenvalue weighted by Gasteiger charge is -2.33. The number of aromatic nitrogens is 5. The van der Waals surface area contributed by atoms with Crippen molar-refractivity contribution >= 4 is 85.6 Å². The van der Waals surface area contributed by atoms with Crippen molar-refractivity contribution in [3.05, 3.63) is 106 Å². The molecule has 10 rings (SSSR count). The molecular weight excluding hydrogens is 961 g/mol. The number of ether oxygens (including phenoxy) is 1. The van der Waals surface area contributed by atoms with E-state index in [0.29, 0.717) is 40.4 Å². The summed E-state index contributed by atoms with van der Waals surface area (Å²) in [5.74, 6) is -0.597. The molecular formula is C56H60N8O5S3.